The summed E-state index contributed by atoms with van der Waals surface area (Å²) in [6, 6.07) is 15.4. The van der Waals surface area contributed by atoms with Gasteiger partial charge >= 0.3 is 0 Å². The van der Waals surface area contributed by atoms with Crippen molar-refractivity contribution in [3.05, 3.63) is 71.4 Å². The lowest BCUT2D eigenvalue weighted by Crippen LogP contribution is -1.82. The molecule has 0 atom stereocenters. The highest BCUT2D eigenvalue weighted by atomic mass is 16.3. The van der Waals surface area contributed by atoms with Crippen molar-refractivity contribution in [1.82, 2.24) is 4.98 Å². The Morgan fingerprint density at radius 2 is 1.91 bits per heavy atom. The van der Waals surface area contributed by atoms with Crippen LogP contribution in [0.5, 0.6) is 0 Å². The molecule has 0 radical (unpaired) electrons. The van der Waals surface area contributed by atoms with Crippen LogP contribution in [0.4, 0.5) is 5.69 Å². The molecular weight excluding hydrogens is 276 g/mol. The molecule has 5 heteroatoms. The molecule has 104 valence electrons. The van der Waals surface area contributed by atoms with Crippen LogP contribution in [0.15, 0.2) is 70.5 Å². The van der Waals surface area contributed by atoms with Gasteiger partial charge in [-0.3, -0.25) is 4.98 Å². The molecule has 0 saturated heterocycles. The molecule has 0 aliphatic heterocycles. The lowest BCUT2D eigenvalue weighted by molar-refractivity contribution is 0.632. The number of para-hydroxylation sites is 1. The van der Waals surface area contributed by atoms with Gasteiger partial charge in [-0.05, 0) is 29.1 Å². The number of benzene rings is 2. The fraction of sp³-hybridized carbons (Fsp3) is 0. The fourth-order valence-corrected chi connectivity index (χ4v) is 2.58. The molecule has 2 aromatic carbocycles. The van der Waals surface area contributed by atoms with Gasteiger partial charge in [0.15, 0.2) is 0 Å². The summed E-state index contributed by atoms with van der Waals surface area (Å²) in [5, 5.41) is 6.62. The number of azide groups is 1. The average Bonchev–Trinajstić information content (AvgIpc) is 2.98. The van der Waals surface area contributed by atoms with Gasteiger partial charge in [-0.1, -0.05) is 35.4 Å². The molecule has 0 unspecified atom stereocenters. The number of pyridine rings is 1. The number of hydrogen-bond acceptors (Lipinski definition) is 3. The van der Waals surface area contributed by atoms with Gasteiger partial charge in [0.05, 0.1) is 0 Å². The number of rotatable bonds is 2. The van der Waals surface area contributed by atoms with Crippen LogP contribution < -0.4 is 0 Å². The van der Waals surface area contributed by atoms with E-state index in [1.807, 2.05) is 42.5 Å². The van der Waals surface area contributed by atoms with E-state index in [2.05, 4.69) is 15.0 Å². The van der Waals surface area contributed by atoms with Gasteiger partial charge in [0.1, 0.15) is 11.3 Å². The Hall–Kier alpha value is -3.30. The molecule has 0 aliphatic carbocycles. The minimum atomic E-state index is 0.568. The topological polar surface area (TPSA) is 74.8 Å². The number of furan rings is 1. The van der Waals surface area contributed by atoms with Crippen LogP contribution in [0.1, 0.15) is 0 Å². The zero-order valence-electron chi connectivity index (χ0n) is 11.5. The van der Waals surface area contributed by atoms with E-state index in [1.54, 1.807) is 18.5 Å². The van der Waals surface area contributed by atoms with Gasteiger partial charge in [-0.25, -0.2) is 0 Å². The van der Waals surface area contributed by atoms with Crippen LogP contribution in [0.3, 0.4) is 0 Å². The first-order chi connectivity index (χ1) is 10.8. The SMILES string of the molecule is [N-]=[N+]=Nc1ccc2cncc(-c3cc4ccccc4o3)c2c1. The molecule has 2 aromatic heterocycles. The van der Waals surface area contributed by atoms with E-state index >= 15 is 0 Å². The van der Waals surface area contributed by atoms with Gasteiger partial charge in [0, 0.05) is 39.3 Å². The molecule has 0 fully saturated rings. The summed E-state index contributed by atoms with van der Waals surface area (Å²) in [4.78, 5) is 7.11. The largest absolute Gasteiger partial charge is 0.456 e. The van der Waals surface area contributed by atoms with E-state index in [4.69, 9.17) is 9.95 Å². The summed E-state index contributed by atoms with van der Waals surface area (Å²) in [5.74, 6) is 0.748. The molecule has 0 N–H and O–H groups in total. The molecule has 4 aromatic rings. The summed E-state index contributed by atoms with van der Waals surface area (Å²) >= 11 is 0. The molecule has 5 nitrogen and oxygen atoms in total. The first-order valence-electron chi connectivity index (χ1n) is 6.77. The van der Waals surface area contributed by atoms with Crippen LogP contribution in [0.25, 0.3) is 43.5 Å². The van der Waals surface area contributed by atoms with Gasteiger partial charge in [0.25, 0.3) is 0 Å². The second kappa shape index (κ2) is 4.91. The first kappa shape index (κ1) is 12.4. The Bertz CT molecular complexity index is 1010. The number of fused-ring (bicyclic) bond motifs is 2. The molecule has 2 heterocycles. The van der Waals surface area contributed by atoms with E-state index in [1.165, 1.54) is 0 Å². The van der Waals surface area contributed by atoms with Gasteiger partial charge in [0.2, 0.25) is 0 Å². The predicted molar refractivity (Wildman–Crippen MR) is 85.8 cm³/mol. The highest BCUT2D eigenvalue weighted by Gasteiger charge is 2.10. The Morgan fingerprint density at radius 1 is 1.00 bits per heavy atom. The second-order valence-corrected chi connectivity index (χ2v) is 4.93. The Balaban J connectivity index is 2.00. The van der Waals surface area contributed by atoms with Crippen LogP contribution in [0, 0.1) is 0 Å². The zero-order chi connectivity index (χ0) is 14.9. The van der Waals surface area contributed by atoms with Gasteiger partial charge in [-0.2, -0.15) is 0 Å². The molecule has 4 rings (SSSR count). The lowest BCUT2D eigenvalue weighted by Gasteiger charge is -2.04. The quantitative estimate of drug-likeness (QED) is 0.273. The lowest BCUT2D eigenvalue weighted by atomic mass is 10.1. The second-order valence-electron chi connectivity index (χ2n) is 4.93. The molecule has 0 bridgehead atoms. The van der Waals surface area contributed by atoms with E-state index in [-0.39, 0.29) is 0 Å². The van der Waals surface area contributed by atoms with Crippen LogP contribution in [0.2, 0.25) is 0 Å². The highest BCUT2D eigenvalue weighted by Crippen LogP contribution is 2.33. The summed E-state index contributed by atoms with van der Waals surface area (Å²) in [7, 11) is 0. The van der Waals surface area contributed by atoms with E-state index in [0.29, 0.717) is 5.69 Å². The maximum absolute atomic E-state index is 8.60. The standard InChI is InChI=1S/C17H10N4O/c18-21-20-13-6-5-12-9-19-10-15(14(12)8-13)17-7-11-3-1-2-4-16(11)22-17/h1-10H. The highest BCUT2D eigenvalue weighted by molar-refractivity contribution is 5.98. The molecule has 0 aliphatic rings. The van der Waals surface area contributed by atoms with Crippen LogP contribution in [-0.2, 0) is 0 Å². The summed E-state index contributed by atoms with van der Waals surface area (Å²) in [6.07, 6.45) is 3.54. The molecule has 0 spiro atoms. The number of aromatic nitrogens is 1. The van der Waals surface area contributed by atoms with Crippen molar-refractivity contribution in [1.29, 1.82) is 0 Å². The van der Waals surface area contributed by atoms with Crippen molar-refractivity contribution in [2.24, 2.45) is 5.11 Å². The van der Waals surface area contributed by atoms with Gasteiger partial charge in [-0.15, -0.1) is 0 Å². The third-order valence-corrected chi connectivity index (χ3v) is 3.60. The minimum absolute atomic E-state index is 0.568. The smallest absolute Gasteiger partial charge is 0.137 e. The van der Waals surface area contributed by atoms with Crippen molar-refractivity contribution < 1.29 is 4.42 Å². The van der Waals surface area contributed by atoms with Gasteiger partial charge < -0.3 is 4.42 Å². The van der Waals surface area contributed by atoms with Crippen molar-refractivity contribution in [2.75, 3.05) is 0 Å². The van der Waals surface area contributed by atoms with E-state index in [0.717, 1.165) is 33.1 Å². The summed E-state index contributed by atoms with van der Waals surface area (Å²) < 4.78 is 5.92. The third-order valence-electron chi connectivity index (χ3n) is 3.60. The maximum Gasteiger partial charge on any atom is 0.137 e. The predicted octanol–water partition coefficient (Wildman–Crippen LogP) is 5.59. The maximum atomic E-state index is 8.60. The third kappa shape index (κ3) is 1.97. The summed E-state index contributed by atoms with van der Waals surface area (Å²) in [5.41, 5.74) is 10.9. The molecule has 22 heavy (non-hydrogen) atoms. The minimum Gasteiger partial charge on any atom is -0.456 e. The average molecular weight is 286 g/mol. The number of hydrogen-bond donors (Lipinski definition) is 0. The van der Waals surface area contributed by atoms with Crippen molar-refractivity contribution in [2.45, 2.75) is 0 Å². The van der Waals surface area contributed by atoms with E-state index < -0.39 is 0 Å². The van der Waals surface area contributed by atoms with Crippen LogP contribution in [-0.4, -0.2) is 4.98 Å². The Kier molecular flexibility index (Phi) is 2.78. The van der Waals surface area contributed by atoms with Crippen molar-refractivity contribution >= 4 is 27.4 Å². The molecule has 0 saturated carbocycles. The van der Waals surface area contributed by atoms with Crippen molar-refractivity contribution in [3.8, 4) is 11.3 Å². The molecule has 0 amide bonds. The monoisotopic (exact) mass is 286 g/mol. The Labute approximate surface area is 125 Å². The normalized spacial score (nSPS) is 10.7. The zero-order valence-corrected chi connectivity index (χ0v) is 11.5. The fourth-order valence-electron chi connectivity index (χ4n) is 2.58. The summed E-state index contributed by atoms with van der Waals surface area (Å²) in [6.45, 7) is 0. The number of nitrogens with zero attached hydrogens (tertiary/aromatic N) is 4. The van der Waals surface area contributed by atoms with E-state index in [9.17, 15) is 0 Å². The van der Waals surface area contributed by atoms with Crippen molar-refractivity contribution in [3.63, 3.8) is 0 Å². The Morgan fingerprint density at radius 3 is 2.77 bits per heavy atom. The van der Waals surface area contributed by atoms with Crippen LogP contribution >= 0.6 is 0 Å². The molecular formula is C17H10N4O. The first-order valence-corrected chi connectivity index (χ1v) is 6.77.